The fourth-order valence-corrected chi connectivity index (χ4v) is 6.11. The first-order valence-electron chi connectivity index (χ1n) is 15.5. The number of amides is 3. The van der Waals surface area contributed by atoms with Crippen LogP contribution in [0.2, 0.25) is 0 Å². The topological polar surface area (TPSA) is 117 Å². The van der Waals surface area contributed by atoms with Crippen LogP contribution in [0.3, 0.4) is 0 Å². The van der Waals surface area contributed by atoms with E-state index in [0.29, 0.717) is 19.4 Å². The monoisotopic (exact) mass is 591 g/mol. The minimum atomic E-state index is -0.704. The quantitative estimate of drug-likeness (QED) is 0.214. The van der Waals surface area contributed by atoms with Crippen LogP contribution in [0.25, 0.3) is 10.9 Å². The molecule has 1 unspecified atom stereocenters. The molecule has 3 amide bonds. The highest BCUT2D eigenvalue weighted by atomic mass is 16.2. The van der Waals surface area contributed by atoms with E-state index in [4.69, 9.17) is 5.73 Å². The predicted molar refractivity (Wildman–Crippen MR) is 172 cm³/mol. The number of rotatable bonds is 13. The van der Waals surface area contributed by atoms with Crippen molar-refractivity contribution in [2.75, 3.05) is 6.54 Å². The van der Waals surface area contributed by atoms with Crippen molar-refractivity contribution >= 4 is 28.6 Å². The van der Waals surface area contributed by atoms with E-state index in [2.05, 4.69) is 39.9 Å². The van der Waals surface area contributed by atoms with Crippen LogP contribution in [0.15, 0.2) is 97.2 Å². The highest BCUT2D eigenvalue weighted by Gasteiger charge is 2.35. The SMILES string of the molecule is NC(=O)CCCC(=O)NC(Cc1ccccc1)C(=O)N1CC[C@H](NCc2ccnc3ccccc23)C[C@H]1Cc1ccccc1. The van der Waals surface area contributed by atoms with Crippen LogP contribution in [0, 0.1) is 0 Å². The molecule has 0 bridgehead atoms. The highest BCUT2D eigenvalue weighted by Crippen LogP contribution is 2.24. The molecule has 0 spiro atoms. The Labute approximate surface area is 259 Å². The summed E-state index contributed by atoms with van der Waals surface area (Å²) in [7, 11) is 0. The molecule has 1 aliphatic heterocycles. The largest absolute Gasteiger partial charge is 0.370 e. The number of nitrogens with zero attached hydrogens (tertiary/aromatic N) is 2. The first-order chi connectivity index (χ1) is 21.5. The van der Waals surface area contributed by atoms with Crippen LogP contribution in [0.1, 0.15) is 48.8 Å². The second-order valence-corrected chi connectivity index (χ2v) is 11.6. The lowest BCUT2D eigenvalue weighted by atomic mass is 9.90. The summed E-state index contributed by atoms with van der Waals surface area (Å²) in [6.45, 7) is 1.31. The summed E-state index contributed by atoms with van der Waals surface area (Å²) >= 11 is 0. The number of nitrogens with one attached hydrogen (secondary N) is 2. The van der Waals surface area contributed by atoms with Crippen LogP contribution in [-0.2, 0) is 33.8 Å². The van der Waals surface area contributed by atoms with Gasteiger partial charge in [0.2, 0.25) is 17.7 Å². The Bertz CT molecular complexity index is 1540. The van der Waals surface area contributed by atoms with Crippen LogP contribution in [-0.4, -0.2) is 52.3 Å². The van der Waals surface area contributed by atoms with E-state index < -0.39 is 11.9 Å². The Morgan fingerprint density at radius 2 is 1.59 bits per heavy atom. The molecule has 1 aliphatic rings. The standard InChI is InChI=1S/C36H41N5O3/c37-34(42)16-9-17-35(43)40-33(23-27-12-5-2-6-13-27)36(44)41-21-19-29(24-30(41)22-26-10-3-1-4-11-26)39-25-28-18-20-38-32-15-8-7-14-31(28)32/h1-8,10-15,18,20,29-30,33,39H,9,16-17,19,21-25H2,(H2,37,42)(H,40,43)/t29-,30+,33?/m0/s1. The van der Waals surface area contributed by atoms with Crippen molar-refractivity contribution in [3.63, 3.8) is 0 Å². The number of carbonyl (C=O) groups is 3. The number of likely N-dealkylation sites (tertiary alicyclic amines) is 1. The third kappa shape index (κ3) is 8.51. The fourth-order valence-electron chi connectivity index (χ4n) is 6.11. The number of aromatic nitrogens is 1. The zero-order valence-electron chi connectivity index (χ0n) is 25.0. The van der Waals surface area contributed by atoms with Crippen LogP contribution in [0.4, 0.5) is 0 Å². The summed E-state index contributed by atoms with van der Waals surface area (Å²) < 4.78 is 0. The molecule has 228 valence electrons. The Hall–Kier alpha value is -4.56. The number of hydrogen-bond donors (Lipinski definition) is 3. The van der Waals surface area contributed by atoms with E-state index in [1.54, 1.807) is 0 Å². The van der Waals surface area contributed by atoms with Gasteiger partial charge in [-0.1, -0.05) is 78.9 Å². The molecule has 0 radical (unpaired) electrons. The van der Waals surface area contributed by atoms with E-state index in [0.717, 1.165) is 42.3 Å². The van der Waals surface area contributed by atoms with Crippen molar-refractivity contribution in [3.8, 4) is 0 Å². The van der Waals surface area contributed by atoms with Crippen molar-refractivity contribution in [3.05, 3.63) is 114 Å². The Kier molecular flexibility index (Phi) is 10.7. The van der Waals surface area contributed by atoms with Gasteiger partial charge in [0, 0.05) is 56.0 Å². The van der Waals surface area contributed by atoms with Gasteiger partial charge in [0.15, 0.2) is 0 Å². The summed E-state index contributed by atoms with van der Waals surface area (Å²) in [5, 5.41) is 7.90. The molecule has 4 aromatic rings. The van der Waals surface area contributed by atoms with Gasteiger partial charge < -0.3 is 21.3 Å². The molecule has 0 aliphatic carbocycles. The van der Waals surface area contributed by atoms with Crippen molar-refractivity contribution in [1.82, 2.24) is 20.5 Å². The van der Waals surface area contributed by atoms with Crippen molar-refractivity contribution in [2.45, 2.75) is 69.6 Å². The second kappa shape index (κ2) is 15.3. The molecule has 0 saturated carbocycles. The maximum absolute atomic E-state index is 14.3. The number of piperidine rings is 1. The average Bonchev–Trinajstić information content (AvgIpc) is 3.04. The number of carbonyl (C=O) groups excluding carboxylic acids is 3. The lowest BCUT2D eigenvalue weighted by molar-refractivity contribution is -0.140. The van der Waals surface area contributed by atoms with Gasteiger partial charge in [-0.2, -0.15) is 0 Å². The molecule has 8 nitrogen and oxygen atoms in total. The van der Waals surface area contributed by atoms with Gasteiger partial charge in [-0.25, -0.2) is 0 Å². The first kappa shape index (κ1) is 30.9. The summed E-state index contributed by atoms with van der Waals surface area (Å²) in [5.74, 6) is -0.759. The van der Waals surface area contributed by atoms with Crippen LogP contribution >= 0.6 is 0 Å². The van der Waals surface area contributed by atoms with Gasteiger partial charge in [-0.3, -0.25) is 19.4 Å². The van der Waals surface area contributed by atoms with Crippen molar-refractivity contribution in [2.24, 2.45) is 5.73 Å². The van der Waals surface area contributed by atoms with E-state index in [9.17, 15) is 14.4 Å². The van der Waals surface area contributed by atoms with Crippen molar-refractivity contribution < 1.29 is 14.4 Å². The van der Waals surface area contributed by atoms with Crippen LogP contribution in [0.5, 0.6) is 0 Å². The maximum Gasteiger partial charge on any atom is 0.245 e. The number of para-hydroxylation sites is 1. The molecule has 1 fully saturated rings. The number of pyridine rings is 1. The Morgan fingerprint density at radius 1 is 0.886 bits per heavy atom. The first-order valence-corrected chi connectivity index (χ1v) is 15.5. The number of hydrogen-bond acceptors (Lipinski definition) is 5. The van der Waals surface area contributed by atoms with Gasteiger partial charge in [0.05, 0.1) is 5.52 Å². The van der Waals surface area contributed by atoms with Crippen LogP contribution < -0.4 is 16.4 Å². The Balaban J connectivity index is 1.32. The number of fused-ring (bicyclic) bond motifs is 1. The number of primary amides is 1. The molecule has 3 aromatic carbocycles. The normalized spacial score (nSPS) is 17.2. The van der Waals surface area contributed by atoms with E-state index in [-0.39, 0.29) is 36.7 Å². The smallest absolute Gasteiger partial charge is 0.245 e. The van der Waals surface area contributed by atoms with Gasteiger partial charge in [0.1, 0.15) is 6.04 Å². The summed E-state index contributed by atoms with van der Waals surface area (Å²) in [6.07, 6.45) is 5.23. The van der Waals surface area contributed by atoms with Crippen molar-refractivity contribution in [1.29, 1.82) is 0 Å². The molecule has 2 heterocycles. The third-order valence-corrected chi connectivity index (χ3v) is 8.38. The molecular weight excluding hydrogens is 550 g/mol. The van der Waals surface area contributed by atoms with Gasteiger partial charge in [-0.05, 0) is 54.5 Å². The number of benzene rings is 3. The lowest BCUT2D eigenvalue weighted by Crippen LogP contribution is -2.57. The fraction of sp³-hybridized carbons (Fsp3) is 0.333. The average molecular weight is 592 g/mol. The zero-order chi connectivity index (χ0) is 30.7. The Morgan fingerprint density at radius 3 is 2.34 bits per heavy atom. The zero-order valence-corrected chi connectivity index (χ0v) is 25.0. The number of nitrogens with two attached hydrogens (primary N) is 1. The minimum absolute atomic E-state index is 0.0321. The van der Waals surface area contributed by atoms with Gasteiger partial charge in [0.25, 0.3) is 0 Å². The molecular formula is C36H41N5O3. The molecule has 1 aromatic heterocycles. The maximum atomic E-state index is 14.3. The van der Waals surface area contributed by atoms with E-state index >= 15 is 0 Å². The summed E-state index contributed by atoms with van der Waals surface area (Å²) in [5.41, 5.74) is 9.59. The van der Waals surface area contributed by atoms with Gasteiger partial charge in [-0.15, -0.1) is 0 Å². The predicted octanol–water partition coefficient (Wildman–Crippen LogP) is 4.31. The molecule has 8 heteroatoms. The summed E-state index contributed by atoms with van der Waals surface area (Å²) in [6, 6.07) is 29.7. The molecule has 4 N–H and O–H groups in total. The molecule has 3 atom stereocenters. The third-order valence-electron chi connectivity index (χ3n) is 8.38. The molecule has 44 heavy (non-hydrogen) atoms. The van der Waals surface area contributed by atoms with E-state index in [1.807, 2.05) is 77.8 Å². The molecule has 1 saturated heterocycles. The summed E-state index contributed by atoms with van der Waals surface area (Å²) in [4.78, 5) is 44.8. The minimum Gasteiger partial charge on any atom is -0.370 e. The van der Waals surface area contributed by atoms with Gasteiger partial charge >= 0.3 is 0 Å². The second-order valence-electron chi connectivity index (χ2n) is 11.6. The highest BCUT2D eigenvalue weighted by molar-refractivity contribution is 5.88. The molecule has 5 rings (SSSR count). The lowest BCUT2D eigenvalue weighted by Gasteiger charge is -2.41. The van der Waals surface area contributed by atoms with E-state index in [1.165, 1.54) is 11.1 Å².